The lowest BCUT2D eigenvalue weighted by Gasteiger charge is -2.12. The molecule has 1 heterocycles. The molecule has 0 saturated carbocycles. The van der Waals surface area contributed by atoms with Crippen LogP contribution in [-0.2, 0) is 9.53 Å². The molecule has 0 spiro atoms. The number of carbonyl (C=O) groups excluding carboxylic acids is 2. The summed E-state index contributed by atoms with van der Waals surface area (Å²) >= 11 is 3.21. The van der Waals surface area contributed by atoms with Crippen molar-refractivity contribution >= 4 is 27.8 Å². The fourth-order valence-electron chi connectivity index (χ4n) is 1.52. The van der Waals surface area contributed by atoms with Crippen LogP contribution in [0.4, 0.5) is 0 Å². The second kappa shape index (κ2) is 7.20. The molecule has 1 aromatic heterocycles. The van der Waals surface area contributed by atoms with Crippen molar-refractivity contribution in [2.45, 2.75) is 32.7 Å². The Morgan fingerprint density at radius 2 is 2.28 bits per heavy atom. The number of halogens is 1. The fraction of sp³-hybridized carbons (Fsp3) is 0.500. The average Bonchev–Trinajstić information content (AvgIpc) is 2.73. The maximum Gasteiger partial charge on any atom is 0.355 e. The molecule has 1 rings (SSSR count). The van der Waals surface area contributed by atoms with Gasteiger partial charge in [-0.3, -0.25) is 4.79 Å². The Morgan fingerprint density at radius 1 is 1.56 bits per heavy atom. The molecule has 5 nitrogen and oxygen atoms in total. The van der Waals surface area contributed by atoms with Crippen LogP contribution in [0.1, 0.15) is 37.2 Å². The number of carbonyl (C=O) groups is 2. The zero-order chi connectivity index (χ0) is 13.5. The molecule has 1 amide bonds. The number of esters is 1. The first-order valence-corrected chi connectivity index (χ1v) is 6.62. The highest BCUT2D eigenvalue weighted by molar-refractivity contribution is 9.10. The van der Waals surface area contributed by atoms with Gasteiger partial charge >= 0.3 is 5.97 Å². The lowest BCUT2D eigenvalue weighted by molar-refractivity contribution is -0.124. The number of ether oxygens (including phenoxy) is 1. The molecule has 0 aromatic carbocycles. The van der Waals surface area contributed by atoms with Gasteiger partial charge in [-0.25, -0.2) is 4.79 Å². The van der Waals surface area contributed by atoms with E-state index in [4.69, 9.17) is 4.74 Å². The Hall–Kier alpha value is -1.30. The highest BCUT2D eigenvalue weighted by atomic mass is 79.9. The molecule has 0 fully saturated rings. The molecule has 6 heteroatoms. The van der Waals surface area contributed by atoms with E-state index in [1.165, 1.54) is 0 Å². The molecule has 1 atom stereocenters. The first-order valence-electron chi connectivity index (χ1n) is 5.83. The van der Waals surface area contributed by atoms with Gasteiger partial charge in [-0.2, -0.15) is 0 Å². The van der Waals surface area contributed by atoms with Gasteiger partial charge in [0.05, 0.1) is 0 Å². The predicted octanol–water partition coefficient (Wildman–Crippen LogP) is 2.24. The van der Waals surface area contributed by atoms with Crippen LogP contribution in [0.3, 0.4) is 0 Å². The van der Waals surface area contributed by atoms with E-state index in [-0.39, 0.29) is 18.6 Å². The molecule has 1 unspecified atom stereocenters. The summed E-state index contributed by atoms with van der Waals surface area (Å²) in [6, 6.07) is 1.70. The number of hydrogen-bond donors (Lipinski definition) is 2. The van der Waals surface area contributed by atoms with Crippen LogP contribution in [0.15, 0.2) is 16.7 Å². The van der Waals surface area contributed by atoms with Gasteiger partial charge in [0, 0.05) is 16.7 Å². The number of hydrogen-bond acceptors (Lipinski definition) is 3. The molecular formula is C12H17BrN2O3. The fourth-order valence-corrected chi connectivity index (χ4v) is 1.86. The Labute approximate surface area is 114 Å². The zero-order valence-electron chi connectivity index (χ0n) is 10.5. The largest absolute Gasteiger partial charge is 0.451 e. The Kier molecular flexibility index (Phi) is 5.91. The van der Waals surface area contributed by atoms with E-state index in [1.807, 2.05) is 13.8 Å². The summed E-state index contributed by atoms with van der Waals surface area (Å²) in [5.74, 6) is -0.825. The maximum atomic E-state index is 11.5. The molecule has 1 aromatic rings. The molecule has 0 saturated heterocycles. The average molecular weight is 317 g/mol. The summed E-state index contributed by atoms with van der Waals surface area (Å²) < 4.78 is 5.64. The molecule has 2 N–H and O–H groups in total. The number of H-pyrrole nitrogens is 1. The SMILES string of the molecule is CCCC(C)NC(=O)COC(=O)c1cc(Br)c[nH]1. The van der Waals surface area contributed by atoms with Gasteiger partial charge in [0.25, 0.3) is 5.91 Å². The smallest absolute Gasteiger partial charge is 0.355 e. The highest BCUT2D eigenvalue weighted by Crippen LogP contribution is 2.11. The quantitative estimate of drug-likeness (QED) is 0.791. The van der Waals surface area contributed by atoms with E-state index in [2.05, 4.69) is 26.2 Å². The van der Waals surface area contributed by atoms with E-state index in [0.717, 1.165) is 17.3 Å². The number of aromatic amines is 1. The van der Waals surface area contributed by atoms with Gasteiger partial charge in [0.2, 0.25) is 0 Å². The summed E-state index contributed by atoms with van der Waals surface area (Å²) in [6.07, 6.45) is 3.53. The number of rotatable bonds is 6. The van der Waals surface area contributed by atoms with Crippen molar-refractivity contribution in [1.82, 2.24) is 10.3 Å². The van der Waals surface area contributed by atoms with Gasteiger partial charge in [0.15, 0.2) is 6.61 Å². The van der Waals surface area contributed by atoms with Gasteiger partial charge < -0.3 is 15.0 Å². The van der Waals surface area contributed by atoms with Crippen molar-refractivity contribution in [3.8, 4) is 0 Å². The van der Waals surface area contributed by atoms with Crippen molar-refractivity contribution in [2.24, 2.45) is 0 Å². The molecule has 100 valence electrons. The van der Waals surface area contributed by atoms with Crippen LogP contribution < -0.4 is 5.32 Å². The van der Waals surface area contributed by atoms with Gasteiger partial charge in [0.1, 0.15) is 5.69 Å². The monoisotopic (exact) mass is 316 g/mol. The second-order valence-corrected chi connectivity index (χ2v) is 4.98. The Balaban J connectivity index is 2.32. The van der Waals surface area contributed by atoms with Crippen molar-refractivity contribution in [3.05, 3.63) is 22.4 Å². The predicted molar refractivity (Wildman–Crippen MR) is 71.3 cm³/mol. The van der Waals surface area contributed by atoms with Crippen molar-refractivity contribution in [2.75, 3.05) is 6.61 Å². The molecule has 0 bridgehead atoms. The minimum absolute atomic E-state index is 0.0980. The molecular weight excluding hydrogens is 300 g/mol. The first-order chi connectivity index (χ1) is 8.52. The standard InChI is InChI=1S/C12H17BrN2O3/c1-3-4-8(2)15-11(16)7-18-12(17)10-5-9(13)6-14-10/h5-6,8,14H,3-4,7H2,1-2H3,(H,15,16). The van der Waals surface area contributed by atoms with E-state index in [1.54, 1.807) is 12.3 Å². The lowest BCUT2D eigenvalue weighted by atomic mass is 10.2. The zero-order valence-corrected chi connectivity index (χ0v) is 12.0. The Bertz CT molecular complexity index is 417. The van der Waals surface area contributed by atoms with Crippen molar-refractivity contribution in [1.29, 1.82) is 0 Å². The highest BCUT2D eigenvalue weighted by Gasteiger charge is 2.12. The van der Waals surface area contributed by atoms with Crippen LogP contribution in [0.25, 0.3) is 0 Å². The number of aromatic nitrogens is 1. The van der Waals surface area contributed by atoms with Crippen LogP contribution in [0, 0.1) is 0 Å². The summed E-state index contributed by atoms with van der Waals surface area (Å²) in [7, 11) is 0. The minimum atomic E-state index is -0.543. The van der Waals surface area contributed by atoms with Gasteiger partial charge in [-0.1, -0.05) is 13.3 Å². The lowest BCUT2D eigenvalue weighted by Crippen LogP contribution is -2.35. The van der Waals surface area contributed by atoms with Crippen molar-refractivity contribution in [3.63, 3.8) is 0 Å². The molecule has 0 aliphatic heterocycles. The van der Waals surface area contributed by atoms with Crippen LogP contribution >= 0.6 is 15.9 Å². The molecule has 18 heavy (non-hydrogen) atoms. The molecule has 0 aliphatic carbocycles. The number of amides is 1. The summed E-state index contributed by atoms with van der Waals surface area (Å²) in [5.41, 5.74) is 0.316. The second-order valence-electron chi connectivity index (χ2n) is 4.06. The molecule has 0 radical (unpaired) electrons. The first kappa shape index (κ1) is 14.8. The summed E-state index contributed by atoms with van der Waals surface area (Å²) in [5, 5.41) is 2.76. The van der Waals surface area contributed by atoms with Crippen LogP contribution in [0.2, 0.25) is 0 Å². The summed E-state index contributed by atoms with van der Waals surface area (Å²) in [6.45, 7) is 3.71. The van der Waals surface area contributed by atoms with Crippen molar-refractivity contribution < 1.29 is 14.3 Å². The third-order valence-corrected chi connectivity index (χ3v) is 2.79. The normalized spacial score (nSPS) is 11.9. The third kappa shape index (κ3) is 4.91. The van der Waals surface area contributed by atoms with Crippen LogP contribution in [0.5, 0.6) is 0 Å². The molecule has 0 aliphatic rings. The maximum absolute atomic E-state index is 11.5. The number of nitrogens with one attached hydrogen (secondary N) is 2. The Morgan fingerprint density at radius 3 is 2.83 bits per heavy atom. The van der Waals surface area contributed by atoms with E-state index < -0.39 is 5.97 Å². The third-order valence-electron chi connectivity index (χ3n) is 2.33. The van der Waals surface area contributed by atoms with Gasteiger partial charge in [-0.05, 0) is 35.3 Å². The van der Waals surface area contributed by atoms with E-state index >= 15 is 0 Å². The van der Waals surface area contributed by atoms with Crippen LogP contribution in [-0.4, -0.2) is 29.5 Å². The van der Waals surface area contributed by atoms with E-state index in [9.17, 15) is 9.59 Å². The summed E-state index contributed by atoms with van der Waals surface area (Å²) in [4.78, 5) is 25.7. The topological polar surface area (TPSA) is 71.2 Å². The minimum Gasteiger partial charge on any atom is -0.451 e. The van der Waals surface area contributed by atoms with Gasteiger partial charge in [-0.15, -0.1) is 0 Å². The van der Waals surface area contributed by atoms with E-state index in [0.29, 0.717) is 5.69 Å².